The summed E-state index contributed by atoms with van der Waals surface area (Å²) in [6.45, 7) is 0. The van der Waals surface area contributed by atoms with E-state index < -0.39 is 0 Å². The van der Waals surface area contributed by atoms with E-state index in [4.69, 9.17) is 10.2 Å². The van der Waals surface area contributed by atoms with Crippen LogP contribution in [0.25, 0.3) is 53.0 Å². The van der Waals surface area contributed by atoms with Crippen LogP contribution in [-0.2, 0) is 0 Å². The summed E-state index contributed by atoms with van der Waals surface area (Å²) in [6.07, 6.45) is 0. The molecule has 0 radical (unpaired) electrons. The quantitative estimate of drug-likeness (QED) is 0.307. The first-order valence-electron chi connectivity index (χ1n) is 10.2. The maximum absolute atomic E-state index is 4.70. The fourth-order valence-electron chi connectivity index (χ4n) is 4.65. The summed E-state index contributed by atoms with van der Waals surface area (Å²) in [5, 5.41) is 14.4. The minimum atomic E-state index is -0.0326. The molecule has 0 unspecified atom stereocenters. The van der Waals surface area contributed by atoms with Crippen LogP contribution in [0.4, 0.5) is 0 Å². The van der Waals surface area contributed by atoms with Crippen LogP contribution in [0.2, 0.25) is 0 Å². The summed E-state index contributed by atoms with van der Waals surface area (Å²) >= 11 is -0.0326. The molecule has 0 aliphatic heterocycles. The maximum atomic E-state index is 4.70. The van der Waals surface area contributed by atoms with E-state index in [0.29, 0.717) is 0 Å². The van der Waals surface area contributed by atoms with Gasteiger partial charge in [0.2, 0.25) is 0 Å². The van der Waals surface area contributed by atoms with Crippen molar-refractivity contribution in [1.82, 2.24) is 19.3 Å². The number of benzene rings is 4. The Bertz CT molecular complexity index is 1520. The molecule has 31 heavy (non-hydrogen) atoms. The van der Waals surface area contributed by atoms with Crippen molar-refractivity contribution in [2.45, 2.75) is 0 Å². The van der Waals surface area contributed by atoms with E-state index >= 15 is 0 Å². The number of nitrogens with zero attached hydrogens (tertiary/aromatic N) is 4. The first kappa shape index (κ1) is 17.1. The van der Waals surface area contributed by atoms with Gasteiger partial charge < -0.3 is 0 Å². The molecular weight excluding hydrogens is 447 g/mol. The van der Waals surface area contributed by atoms with Crippen molar-refractivity contribution in [2.75, 3.05) is 0 Å². The molecule has 0 saturated heterocycles. The second-order valence-electron chi connectivity index (χ2n) is 7.61. The van der Waals surface area contributed by atoms with Gasteiger partial charge in [-0.2, -0.15) is 0 Å². The molecule has 0 spiro atoms. The Kier molecular flexibility index (Phi) is 3.53. The monoisotopic (exact) mass is 464 g/mol. The predicted octanol–water partition coefficient (Wildman–Crippen LogP) is 5.73. The molecule has 3 aromatic heterocycles. The van der Waals surface area contributed by atoms with Gasteiger partial charge in [0.1, 0.15) is 0 Å². The average molecular weight is 463 g/mol. The standard InChI is InChI=1S/C26H16N4Se/c1-5-13-21-17(9-1)18-10-2-6-14-22(18)29(21)25-27-28-26(31-25)30-23-15-7-3-11-19(23)20-12-4-8-16-24(20)30/h1-16H. The summed E-state index contributed by atoms with van der Waals surface area (Å²) in [5.74, 6) is 0. The normalized spacial score (nSPS) is 11.9. The van der Waals surface area contributed by atoms with Crippen LogP contribution in [0.3, 0.4) is 0 Å². The molecule has 0 saturated carbocycles. The van der Waals surface area contributed by atoms with Crippen LogP contribution in [-0.4, -0.2) is 33.8 Å². The fraction of sp³-hybridized carbons (Fsp3) is 0. The van der Waals surface area contributed by atoms with Crippen molar-refractivity contribution < 1.29 is 0 Å². The molecule has 0 bridgehead atoms. The summed E-state index contributed by atoms with van der Waals surface area (Å²) in [5.41, 5.74) is 4.73. The molecule has 4 aromatic carbocycles. The summed E-state index contributed by atoms with van der Waals surface area (Å²) in [4.78, 5) is 0. The van der Waals surface area contributed by atoms with Crippen LogP contribution in [0.15, 0.2) is 97.1 Å². The second-order valence-corrected chi connectivity index (χ2v) is 9.57. The van der Waals surface area contributed by atoms with E-state index in [9.17, 15) is 0 Å². The molecule has 4 nitrogen and oxygen atoms in total. The van der Waals surface area contributed by atoms with Crippen molar-refractivity contribution >= 4 is 58.1 Å². The molecule has 0 atom stereocenters. The fourth-order valence-corrected chi connectivity index (χ4v) is 6.54. The first-order valence-corrected chi connectivity index (χ1v) is 11.9. The first-order chi connectivity index (χ1) is 15.4. The number of hydrogen-bond donors (Lipinski definition) is 0. The van der Waals surface area contributed by atoms with E-state index in [1.54, 1.807) is 0 Å². The van der Waals surface area contributed by atoms with Gasteiger partial charge in [-0.05, 0) is 0 Å². The third-order valence-electron chi connectivity index (χ3n) is 5.95. The van der Waals surface area contributed by atoms with Gasteiger partial charge in [-0.3, -0.25) is 0 Å². The van der Waals surface area contributed by atoms with Gasteiger partial charge in [-0.15, -0.1) is 0 Å². The zero-order chi connectivity index (χ0) is 20.4. The van der Waals surface area contributed by atoms with Crippen molar-refractivity contribution in [1.29, 1.82) is 0 Å². The molecule has 0 N–H and O–H groups in total. The SMILES string of the molecule is c1ccc2c(c1)c1ccccc1n2-c1nnc(-n2c3ccccc3c3ccccc32)[se]1. The molecule has 7 rings (SSSR count). The van der Waals surface area contributed by atoms with E-state index in [2.05, 4.69) is 106 Å². The van der Waals surface area contributed by atoms with E-state index in [0.717, 1.165) is 9.38 Å². The van der Waals surface area contributed by atoms with Crippen LogP contribution in [0.5, 0.6) is 0 Å². The van der Waals surface area contributed by atoms with Gasteiger partial charge >= 0.3 is 184 Å². The van der Waals surface area contributed by atoms with Gasteiger partial charge in [0.15, 0.2) is 0 Å². The number of fused-ring (bicyclic) bond motifs is 6. The molecule has 0 amide bonds. The van der Waals surface area contributed by atoms with Crippen LogP contribution in [0, 0.1) is 0 Å². The Labute approximate surface area is 183 Å². The van der Waals surface area contributed by atoms with E-state index in [-0.39, 0.29) is 14.5 Å². The van der Waals surface area contributed by atoms with Gasteiger partial charge in [-0.1, -0.05) is 0 Å². The van der Waals surface area contributed by atoms with Crippen LogP contribution in [0.1, 0.15) is 0 Å². The van der Waals surface area contributed by atoms with Crippen molar-refractivity contribution in [3.05, 3.63) is 97.1 Å². The zero-order valence-electron chi connectivity index (χ0n) is 16.4. The average Bonchev–Trinajstić information content (AvgIpc) is 3.51. The summed E-state index contributed by atoms with van der Waals surface area (Å²) < 4.78 is 6.60. The van der Waals surface area contributed by atoms with Crippen molar-refractivity contribution in [3.8, 4) is 9.38 Å². The molecule has 7 aromatic rings. The molecule has 146 valence electrons. The molecule has 0 aliphatic rings. The molecular formula is C26H16N4Se. The predicted molar refractivity (Wildman–Crippen MR) is 128 cm³/mol. The van der Waals surface area contributed by atoms with Gasteiger partial charge in [-0.25, -0.2) is 0 Å². The van der Waals surface area contributed by atoms with Gasteiger partial charge in [0, 0.05) is 0 Å². The number of rotatable bonds is 2. The summed E-state index contributed by atoms with van der Waals surface area (Å²) in [7, 11) is 0. The zero-order valence-corrected chi connectivity index (χ0v) is 18.1. The molecule has 0 fully saturated rings. The third-order valence-corrected chi connectivity index (χ3v) is 7.82. The molecule has 3 heterocycles. The Hall–Kier alpha value is -3.66. The minimum absolute atomic E-state index is 0.0326. The van der Waals surface area contributed by atoms with Crippen LogP contribution < -0.4 is 0 Å². The Morgan fingerprint density at radius 1 is 0.419 bits per heavy atom. The topological polar surface area (TPSA) is 35.6 Å². The number of hydrogen-bond acceptors (Lipinski definition) is 2. The number of para-hydroxylation sites is 4. The van der Waals surface area contributed by atoms with E-state index in [1.165, 1.54) is 43.6 Å². The van der Waals surface area contributed by atoms with Gasteiger partial charge in [0.05, 0.1) is 0 Å². The van der Waals surface area contributed by atoms with E-state index in [1.807, 2.05) is 0 Å². The second kappa shape index (κ2) is 6.42. The summed E-state index contributed by atoms with van der Waals surface area (Å²) in [6, 6.07) is 34.2. The van der Waals surface area contributed by atoms with Crippen molar-refractivity contribution in [3.63, 3.8) is 0 Å². The Balaban J connectivity index is 1.53. The van der Waals surface area contributed by atoms with Crippen molar-refractivity contribution in [2.24, 2.45) is 0 Å². The van der Waals surface area contributed by atoms with Gasteiger partial charge in [0.25, 0.3) is 0 Å². The Morgan fingerprint density at radius 2 is 0.710 bits per heavy atom. The third kappa shape index (κ3) is 2.36. The molecule has 5 heteroatoms. The number of aromatic nitrogens is 4. The van der Waals surface area contributed by atoms with Crippen LogP contribution >= 0.6 is 0 Å². The molecule has 0 aliphatic carbocycles. The Morgan fingerprint density at radius 3 is 1.03 bits per heavy atom.